The first-order valence-electron chi connectivity index (χ1n) is 7.17. The largest absolute Gasteiger partial charge is 0.377 e. The van der Waals surface area contributed by atoms with Crippen LogP contribution in [0.4, 0.5) is 0 Å². The third-order valence-electron chi connectivity index (χ3n) is 3.08. The van der Waals surface area contributed by atoms with Crippen molar-refractivity contribution in [3.8, 4) is 0 Å². The van der Waals surface area contributed by atoms with Gasteiger partial charge in [-0.2, -0.15) is 0 Å². The molecule has 0 saturated carbocycles. The van der Waals surface area contributed by atoms with Gasteiger partial charge in [-0.1, -0.05) is 13.3 Å². The quantitative estimate of drug-likeness (QED) is 0.633. The summed E-state index contributed by atoms with van der Waals surface area (Å²) >= 11 is 0. The highest BCUT2D eigenvalue weighted by atomic mass is 35.5. The Morgan fingerprint density at radius 1 is 1.33 bits per heavy atom. The Morgan fingerprint density at radius 3 is 2.33 bits per heavy atom. The van der Waals surface area contributed by atoms with Gasteiger partial charge in [-0.25, -0.2) is 0 Å². The Balaban J connectivity index is -0.00000162. The number of halogens is 2. The number of carbonyl (C=O) groups excluding carboxylic acids is 1. The molecule has 0 aliphatic heterocycles. The fourth-order valence-corrected chi connectivity index (χ4v) is 1.92. The van der Waals surface area contributed by atoms with E-state index >= 15 is 0 Å². The number of rotatable bonds is 10. The number of nitrogens with zero attached hydrogens (tertiary/aromatic N) is 1. The second kappa shape index (κ2) is 13.6. The van der Waals surface area contributed by atoms with Crippen LogP contribution in [-0.4, -0.2) is 56.2 Å². The Labute approximate surface area is 142 Å². The number of hydrogen-bond acceptors (Lipinski definition) is 4. The lowest BCUT2D eigenvalue weighted by Crippen LogP contribution is -2.53. The van der Waals surface area contributed by atoms with Crippen LogP contribution in [0, 0.1) is 0 Å². The molecule has 0 bridgehead atoms. The van der Waals surface area contributed by atoms with Crippen LogP contribution in [0.5, 0.6) is 0 Å². The van der Waals surface area contributed by atoms with Crippen molar-refractivity contribution >= 4 is 30.7 Å². The fourth-order valence-electron chi connectivity index (χ4n) is 1.92. The van der Waals surface area contributed by atoms with Gasteiger partial charge < -0.3 is 20.7 Å². The third-order valence-corrected chi connectivity index (χ3v) is 3.08. The maximum atomic E-state index is 12.0. The first-order chi connectivity index (χ1) is 8.83. The minimum absolute atomic E-state index is 0. The maximum absolute atomic E-state index is 12.0. The minimum Gasteiger partial charge on any atom is -0.377 e. The number of nitrogens with two attached hydrogens (primary N) is 1. The maximum Gasteiger partial charge on any atom is 0.239 e. The van der Waals surface area contributed by atoms with Crippen LogP contribution in [0.2, 0.25) is 0 Å². The van der Waals surface area contributed by atoms with E-state index in [0.29, 0.717) is 19.6 Å². The molecule has 3 N–H and O–H groups in total. The predicted molar refractivity (Wildman–Crippen MR) is 93.6 cm³/mol. The van der Waals surface area contributed by atoms with Gasteiger partial charge in [0.1, 0.15) is 0 Å². The number of amides is 1. The molecule has 0 aromatic heterocycles. The van der Waals surface area contributed by atoms with E-state index in [4.69, 9.17) is 10.5 Å². The Bertz CT molecular complexity index is 265. The molecule has 7 heteroatoms. The SMILES string of the molecule is CCCC(C)(N)C(=O)NCC(CCN(C)C)OCC.Cl.Cl. The van der Waals surface area contributed by atoms with Crippen molar-refractivity contribution in [2.24, 2.45) is 5.73 Å². The number of nitrogens with one attached hydrogen (secondary N) is 1. The van der Waals surface area contributed by atoms with Crippen molar-refractivity contribution in [2.45, 2.75) is 51.7 Å². The van der Waals surface area contributed by atoms with Crippen LogP contribution in [0.1, 0.15) is 40.0 Å². The van der Waals surface area contributed by atoms with E-state index in [-0.39, 0.29) is 36.8 Å². The first kappa shape index (κ1) is 25.9. The second-order valence-corrected chi connectivity index (χ2v) is 5.55. The zero-order valence-electron chi connectivity index (χ0n) is 14.0. The lowest BCUT2D eigenvalue weighted by atomic mass is 9.96. The molecule has 2 unspecified atom stereocenters. The summed E-state index contributed by atoms with van der Waals surface area (Å²) in [6, 6.07) is 0. The molecule has 130 valence electrons. The molecule has 1 amide bonds. The van der Waals surface area contributed by atoms with E-state index in [2.05, 4.69) is 10.2 Å². The molecular formula is C14H33Cl2N3O2. The van der Waals surface area contributed by atoms with E-state index < -0.39 is 5.54 Å². The van der Waals surface area contributed by atoms with Crippen molar-refractivity contribution in [1.82, 2.24) is 10.2 Å². The summed E-state index contributed by atoms with van der Waals surface area (Å²) in [7, 11) is 4.06. The molecule has 5 nitrogen and oxygen atoms in total. The van der Waals surface area contributed by atoms with Crippen LogP contribution in [0.15, 0.2) is 0 Å². The summed E-state index contributed by atoms with van der Waals surface area (Å²) in [4.78, 5) is 14.1. The van der Waals surface area contributed by atoms with Gasteiger partial charge in [0.2, 0.25) is 5.91 Å². The average molecular weight is 346 g/mol. The zero-order valence-corrected chi connectivity index (χ0v) is 15.6. The molecule has 0 saturated heterocycles. The van der Waals surface area contributed by atoms with Gasteiger partial charge in [0.25, 0.3) is 0 Å². The molecule has 0 aromatic rings. The van der Waals surface area contributed by atoms with Gasteiger partial charge in [-0.05, 0) is 40.8 Å². The summed E-state index contributed by atoms with van der Waals surface area (Å²) in [5, 5.41) is 2.91. The number of ether oxygens (including phenoxy) is 1. The van der Waals surface area contributed by atoms with E-state index in [1.165, 1.54) is 0 Å². The molecule has 0 aromatic carbocycles. The summed E-state index contributed by atoms with van der Waals surface area (Å²) < 4.78 is 5.63. The predicted octanol–water partition coefficient (Wildman–Crippen LogP) is 1.82. The van der Waals surface area contributed by atoms with Crippen LogP contribution >= 0.6 is 24.8 Å². The Morgan fingerprint density at radius 2 is 1.90 bits per heavy atom. The van der Waals surface area contributed by atoms with E-state index in [0.717, 1.165) is 19.4 Å². The van der Waals surface area contributed by atoms with Gasteiger partial charge in [0, 0.05) is 19.7 Å². The Kier molecular flexibility index (Phi) is 16.7. The lowest BCUT2D eigenvalue weighted by Gasteiger charge is -2.25. The van der Waals surface area contributed by atoms with Crippen LogP contribution < -0.4 is 11.1 Å². The van der Waals surface area contributed by atoms with Crippen LogP contribution in [0.3, 0.4) is 0 Å². The molecule has 21 heavy (non-hydrogen) atoms. The van der Waals surface area contributed by atoms with Crippen molar-refractivity contribution in [3.63, 3.8) is 0 Å². The number of carbonyl (C=O) groups is 1. The zero-order chi connectivity index (χ0) is 14.9. The van der Waals surface area contributed by atoms with Gasteiger partial charge in [0.15, 0.2) is 0 Å². The molecule has 0 radical (unpaired) electrons. The molecule has 2 atom stereocenters. The lowest BCUT2D eigenvalue weighted by molar-refractivity contribution is -0.126. The smallest absolute Gasteiger partial charge is 0.239 e. The standard InChI is InChI=1S/C14H31N3O2.2ClH/c1-6-9-14(3,15)13(18)16-11-12(19-7-2)8-10-17(4)5;;/h12H,6-11,15H2,1-5H3,(H,16,18);2*1H. The average Bonchev–Trinajstić information content (AvgIpc) is 2.32. The van der Waals surface area contributed by atoms with E-state index in [1.54, 1.807) is 6.92 Å². The molecule has 0 spiro atoms. The fraction of sp³-hybridized carbons (Fsp3) is 0.929. The van der Waals surface area contributed by atoms with E-state index in [9.17, 15) is 4.79 Å². The molecule has 0 aliphatic carbocycles. The topological polar surface area (TPSA) is 67.6 Å². The number of hydrogen-bond donors (Lipinski definition) is 2. The van der Waals surface area contributed by atoms with Crippen molar-refractivity contribution in [2.75, 3.05) is 33.8 Å². The summed E-state index contributed by atoms with van der Waals surface area (Å²) in [6.45, 7) is 7.89. The summed E-state index contributed by atoms with van der Waals surface area (Å²) in [5.74, 6) is -0.0936. The molecule has 0 rings (SSSR count). The summed E-state index contributed by atoms with van der Waals surface area (Å²) in [5.41, 5.74) is 5.21. The molecule has 0 fully saturated rings. The highest BCUT2D eigenvalue weighted by Crippen LogP contribution is 2.08. The van der Waals surface area contributed by atoms with Crippen molar-refractivity contribution < 1.29 is 9.53 Å². The van der Waals surface area contributed by atoms with Gasteiger partial charge >= 0.3 is 0 Å². The second-order valence-electron chi connectivity index (χ2n) is 5.55. The van der Waals surface area contributed by atoms with Crippen LogP contribution in [0.25, 0.3) is 0 Å². The first-order valence-corrected chi connectivity index (χ1v) is 7.17. The highest BCUT2D eigenvalue weighted by Gasteiger charge is 2.27. The Hall–Kier alpha value is -0.0700. The summed E-state index contributed by atoms with van der Waals surface area (Å²) in [6.07, 6.45) is 2.54. The van der Waals surface area contributed by atoms with Gasteiger partial charge in [-0.15, -0.1) is 24.8 Å². The molecule has 0 heterocycles. The minimum atomic E-state index is -0.785. The normalized spacial score (nSPS) is 14.6. The van der Waals surface area contributed by atoms with Gasteiger partial charge in [0.05, 0.1) is 11.6 Å². The molecule has 0 aliphatic rings. The van der Waals surface area contributed by atoms with Crippen LogP contribution in [-0.2, 0) is 9.53 Å². The van der Waals surface area contributed by atoms with Crippen molar-refractivity contribution in [3.05, 3.63) is 0 Å². The molecular weight excluding hydrogens is 313 g/mol. The van der Waals surface area contributed by atoms with E-state index in [1.807, 2.05) is 27.9 Å². The highest BCUT2D eigenvalue weighted by molar-refractivity contribution is 5.86. The third kappa shape index (κ3) is 12.2. The van der Waals surface area contributed by atoms with Crippen molar-refractivity contribution in [1.29, 1.82) is 0 Å². The monoisotopic (exact) mass is 345 g/mol. The van der Waals surface area contributed by atoms with Gasteiger partial charge in [-0.3, -0.25) is 4.79 Å².